The first kappa shape index (κ1) is 13.1. The first-order valence-electron chi connectivity index (χ1n) is 6.42. The van der Waals surface area contributed by atoms with E-state index in [1.54, 1.807) is 23.1 Å². The smallest absolute Gasteiger partial charge is 0.152 e. The highest BCUT2D eigenvalue weighted by Crippen LogP contribution is 2.29. The van der Waals surface area contributed by atoms with Crippen molar-refractivity contribution in [2.24, 2.45) is 0 Å². The van der Waals surface area contributed by atoms with Crippen LogP contribution in [0.5, 0.6) is 0 Å². The minimum absolute atomic E-state index is 0.0784. The molecular weight excluding hydrogens is 276 g/mol. The SMILES string of the molecule is Cc1cn(C2CCS(=O)(=O)C2)nc1-c1cnccc1N. The summed E-state index contributed by atoms with van der Waals surface area (Å²) in [5, 5.41) is 4.52. The number of aryl methyl sites for hydroxylation is 1. The third-order valence-electron chi connectivity index (χ3n) is 3.61. The van der Waals surface area contributed by atoms with Gasteiger partial charge in [-0.2, -0.15) is 5.10 Å². The maximum Gasteiger partial charge on any atom is 0.152 e. The highest BCUT2D eigenvalue weighted by Gasteiger charge is 2.30. The van der Waals surface area contributed by atoms with Gasteiger partial charge >= 0.3 is 0 Å². The van der Waals surface area contributed by atoms with Crippen molar-refractivity contribution in [3.63, 3.8) is 0 Å². The normalized spacial score (nSPS) is 21.1. The molecule has 0 aromatic carbocycles. The molecule has 106 valence electrons. The minimum atomic E-state index is -2.92. The highest BCUT2D eigenvalue weighted by molar-refractivity contribution is 7.91. The fourth-order valence-electron chi connectivity index (χ4n) is 2.52. The van der Waals surface area contributed by atoms with Crippen molar-refractivity contribution in [1.82, 2.24) is 14.8 Å². The summed E-state index contributed by atoms with van der Waals surface area (Å²) in [6.45, 7) is 1.94. The summed E-state index contributed by atoms with van der Waals surface area (Å²) in [6, 6.07) is 1.65. The van der Waals surface area contributed by atoms with E-state index in [4.69, 9.17) is 5.73 Å². The lowest BCUT2D eigenvalue weighted by Crippen LogP contribution is -2.11. The van der Waals surface area contributed by atoms with Gasteiger partial charge in [0.05, 0.1) is 23.2 Å². The summed E-state index contributed by atoms with van der Waals surface area (Å²) in [4.78, 5) is 4.07. The number of rotatable bonds is 2. The average Bonchev–Trinajstić information content (AvgIpc) is 2.93. The molecule has 0 saturated carbocycles. The van der Waals surface area contributed by atoms with Gasteiger partial charge in [-0.15, -0.1) is 0 Å². The number of sulfone groups is 1. The fraction of sp³-hybridized carbons (Fsp3) is 0.385. The summed E-state index contributed by atoms with van der Waals surface area (Å²) in [5.41, 5.74) is 9.07. The Balaban J connectivity index is 1.98. The Bertz CT molecular complexity index is 751. The van der Waals surface area contributed by atoms with Crippen LogP contribution in [0.25, 0.3) is 11.3 Å². The molecule has 0 aliphatic carbocycles. The highest BCUT2D eigenvalue weighted by atomic mass is 32.2. The molecule has 1 aliphatic rings. The number of nitrogens with zero attached hydrogens (tertiary/aromatic N) is 3. The maximum atomic E-state index is 11.6. The molecule has 3 heterocycles. The molecule has 2 N–H and O–H groups in total. The molecule has 0 amide bonds. The molecule has 1 fully saturated rings. The van der Waals surface area contributed by atoms with Crippen molar-refractivity contribution in [3.8, 4) is 11.3 Å². The third kappa shape index (κ3) is 2.29. The predicted molar refractivity (Wildman–Crippen MR) is 76.9 cm³/mol. The van der Waals surface area contributed by atoms with Gasteiger partial charge in [0, 0.05) is 29.8 Å². The van der Waals surface area contributed by atoms with Crippen molar-refractivity contribution in [2.75, 3.05) is 17.2 Å². The van der Waals surface area contributed by atoms with Crippen molar-refractivity contribution in [2.45, 2.75) is 19.4 Å². The van der Waals surface area contributed by atoms with Crippen LogP contribution in [0, 0.1) is 6.92 Å². The van der Waals surface area contributed by atoms with E-state index < -0.39 is 9.84 Å². The van der Waals surface area contributed by atoms with E-state index in [9.17, 15) is 8.42 Å². The molecular formula is C13H16N4O2S. The van der Waals surface area contributed by atoms with Crippen LogP contribution >= 0.6 is 0 Å². The number of hydrogen-bond donors (Lipinski definition) is 1. The van der Waals surface area contributed by atoms with Crippen LogP contribution in [-0.2, 0) is 9.84 Å². The second-order valence-electron chi connectivity index (χ2n) is 5.16. The van der Waals surface area contributed by atoms with Gasteiger partial charge in [0.15, 0.2) is 9.84 Å². The largest absolute Gasteiger partial charge is 0.398 e. The van der Waals surface area contributed by atoms with Crippen molar-refractivity contribution in [1.29, 1.82) is 0 Å². The number of hydrogen-bond acceptors (Lipinski definition) is 5. The van der Waals surface area contributed by atoms with Crippen LogP contribution in [0.3, 0.4) is 0 Å². The molecule has 1 atom stereocenters. The summed E-state index contributed by atoms with van der Waals surface area (Å²) in [7, 11) is -2.92. The van der Waals surface area contributed by atoms with Crippen LogP contribution in [0.15, 0.2) is 24.7 Å². The van der Waals surface area contributed by atoms with Crippen molar-refractivity contribution < 1.29 is 8.42 Å². The molecule has 2 aromatic heterocycles. The van der Waals surface area contributed by atoms with E-state index in [1.807, 2.05) is 13.1 Å². The molecule has 7 heteroatoms. The number of anilines is 1. The molecule has 0 radical (unpaired) electrons. The number of aromatic nitrogens is 3. The van der Waals surface area contributed by atoms with E-state index in [-0.39, 0.29) is 17.5 Å². The van der Waals surface area contributed by atoms with Gasteiger partial charge in [-0.05, 0) is 25.0 Å². The zero-order valence-corrected chi connectivity index (χ0v) is 12.0. The van der Waals surface area contributed by atoms with Crippen molar-refractivity contribution in [3.05, 3.63) is 30.2 Å². The second-order valence-corrected chi connectivity index (χ2v) is 7.39. The Morgan fingerprint density at radius 3 is 2.90 bits per heavy atom. The second kappa shape index (κ2) is 4.59. The Labute approximate surface area is 117 Å². The van der Waals surface area contributed by atoms with Crippen LogP contribution < -0.4 is 5.73 Å². The molecule has 0 spiro atoms. The van der Waals surface area contributed by atoms with E-state index in [0.29, 0.717) is 12.1 Å². The number of pyridine rings is 1. The maximum absolute atomic E-state index is 11.6. The van der Waals surface area contributed by atoms with Gasteiger partial charge in [0.1, 0.15) is 0 Å². The Kier molecular flexibility index (Phi) is 3.01. The van der Waals surface area contributed by atoms with Crippen LogP contribution in [0.1, 0.15) is 18.0 Å². The summed E-state index contributed by atoms with van der Waals surface area (Å²) in [6.07, 6.45) is 5.81. The minimum Gasteiger partial charge on any atom is -0.398 e. The number of nitrogen functional groups attached to an aromatic ring is 1. The van der Waals surface area contributed by atoms with Crippen LogP contribution in [0.2, 0.25) is 0 Å². The monoisotopic (exact) mass is 292 g/mol. The van der Waals surface area contributed by atoms with E-state index in [0.717, 1.165) is 16.8 Å². The molecule has 1 unspecified atom stereocenters. The van der Waals surface area contributed by atoms with Gasteiger partial charge < -0.3 is 5.73 Å². The predicted octanol–water partition coefficient (Wildman–Crippen LogP) is 1.20. The van der Waals surface area contributed by atoms with Crippen LogP contribution in [-0.4, -0.2) is 34.7 Å². The first-order valence-corrected chi connectivity index (χ1v) is 8.24. The molecule has 0 bridgehead atoms. The van der Waals surface area contributed by atoms with E-state index >= 15 is 0 Å². The molecule has 3 rings (SSSR count). The Hall–Kier alpha value is -1.89. The Morgan fingerprint density at radius 2 is 2.25 bits per heavy atom. The molecule has 2 aromatic rings. The van der Waals surface area contributed by atoms with Gasteiger partial charge in [-0.1, -0.05) is 0 Å². The van der Waals surface area contributed by atoms with Crippen molar-refractivity contribution >= 4 is 15.5 Å². The van der Waals surface area contributed by atoms with E-state index in [2.05, 4.69) is 10.1 Å². The zero-order valence-electron chi connectivity index (χ0n) is 11.2. The van der Waals surface area contributed by atoms with Crippen LogP contribution in [0.4, 0.5) is 5.69 Å². The topological polar surface area (TPSA) is 90.9 Å². The van der Waals surface area contributed by atoms with Gasteiger partial charge in [-0.25, -0.2) is 8.42 Å². The average molecular weight is 292 g/mol. The summed E-state index contributed by atoms with van der Waals surface area (Å²) in [5.74, 6) is 0.400. The molecule has 20 heavy (non-hydrogen) atoms. The molecule has 1 aliphatic heterocycles. The summed E-state index contributed by atoms with van der Waals surface area (Å²) >= 11 is 0. The standard InChI is InChI=1S/C13H16N4O2S/c1-9-7-17(10-3-5-20(18,19)8-10)16-13(9)11-6-15-4-2-12(11)14/h2,4,6-7,10H,3,5,8H2,1H3,(H2,14,15). The Morgan fingerprint density at radius 1 is 1.45 bits per heavy atom. The molecule has 6 nitrogen and oxygen atoms in total. The fourth-order valence-corrected chi connectivity index (χ4v) is 4.23. The van der Waals surface area contributed by atoms with Gasteiger partial charge in [-0.3, -0.25) is 9.67 Å². The quantitative estimate of drug-likeness (QED) is 0.898. The first-order chi connectivity index (χ1) is 9.46. The van der Waals surface area contributed by atoms with E-state index in [1.165, 1.54) is 0 Å². The zero-order chi connectivity index (χ0) is 14.3. The third-order valence-corrected chi connectivity index (χ3v) is 5.36. The molecule has 1 saturated heterocycles. The van der Waals surface area contributed by atoms with Gasteiger partial charge in [0.25, 0.3) is 0 Å². The van der Waals surface area contributed by atoms with Gasteiger partial charge in [0.2, 0.25) is 0 Å². The lowest BCUT2D eigenvalue weighted by Gasteiger charge is -2.07. The summed E-state index contributed by atoms with van der Waals surface area (Å²) < 4.78 is 24.9. The lowest BCUT2D eigenvalue weighted by molar-refractivity contribution is 0.500. The lowest BCUT2D eigenvalue weighted by atomic mass is 10.1. The number of nitrogens with two attached hydrogens (primary N) is 1.